The van der Waals surface area contributed by atoms with E-state index in [9.17, 15) is 4.79 Å². The highest BCUT2D eigenvalue weighted by Gasteiger charge is 2.26. The molecule has 0 spiro atoms. The van der Waals surface area contributed by atoms with Crippen molar-refractivity contribution in [3.05, 3.63) is 0 Å². The van der Waals surface area contributed by atoms with Crippen molar-refractivity contribution in [1.29, 1.82) is 0 Å². The molecule has 0 saturated heterocycles. The minimum Gasteiger partial charge on any atom is -0.466 e. The van der Waals surface area contributed by atoms with Gasteiger partial charge < -0.3 is 10.5 Å². The zero-order valence-electron chi connectivity index (χ0n) is 9.64. The molecule has 3 nitrogen and oxygen atoms in total. The summed E-state index contributed by atoms with van der Waals surface area (Å²) >= 11 is 0. The second kappa shape index (κ2) is 6.82. The first-order valence-corrected chi connectivity index (χ1v) is 5.52. The van der Waals surface area contributed by atoms with Crippen LogP contribution in [0.25, 0.3) is 0 Å². The van der Waals surface area contributed by atoms with Gasteiger partial charge in [-0.25, -0.2) is 0 Å². The monoisotopic (exact) mass is 201 g/mol. The van der Waals surface area contributed by atoms with E-state index in [1.54, 1.807) is 0 Å². The minimum absolute atomic E-state index is 0.170. The molecule has 0 heterocycles. The van der Waals surface area contributed by atoms with Gasteiger partial charge in [0.25, 0.3) is 0 Å². The third kappa shape index (κ3) is 5.22. The van der Waals surface area contributed by atoms with Crippen molar-refractivity contribution < 1.29 is 9.53 Å². The molecule has 84 valence electrons. The molecule has 0 aliphatic heterocycles. The van der Waals surface area contributed by atoms with Crippen LogP contribution in [0.15, 0.2) is 0 Å². The molecule has 0 fully saturated rings. The standard InChI is InChI=1S/C11H23NO2/c1-4-7-11(12,8-5-2)9-10(13)14-6-3/h4-9,12H2,1-3H3. The number of nitrogens with two attached hydrogens (primary N) is 1. The van der Waals surface area contributed by atoms with Crippen LogP contribution in [0.5, 0.6) is 0 Å². The average molecular weight is 201 g/mol. The molecule has 2 N–H and O–H groups in total. The van der Waals surface area contributed by atoms with E-state index < -0.39 is 0 Å². The highest BCUT2D eigenvalue weighted by molar-refractivity contribution is 5.70. The molecule has 0 aromatic heterocycles. The Bertz CT molecular complexity index is 163. The molecule has 0 aromatic rings. The molecule has 0 bridgehead atoms. The second-order valence-corrected chi connectivity index (χ2v) is 3.84. The zero-order valence-corrected chi connectivity index (χ0v) is 9.64. The van der Waals surface area contributed by atoms with E-state index in [1.807, 2.05) is 6.92 Å². The van der Waals surface area contributed by atoms with Crippen LogP contribution in [0.4, 0.5) is 0 Å². The molecule has 0 amide bonds. The first-order valence-electron chi connectivity index (χ1n) is 5.52. The number of carbonyl (C=O) groups excluding carboxylic acids is 1. The second-order valence-electron chi connectivity index (χ2n) is 3.84. The topological polar surface area (TPSA) is 52.3 Å². The van der Waals surface area contributed by atoms with Gasteiger partial charge in [-0.1, -0.05) is 26.7 Å². The summed E-state index contributed by atoms with van der Waals surface area (Å²) in [6.07, 6.45) is 4.15. The van der Waals surface area contributed by atoms with Gasteiger partial charge in [-0.2, -0.15) is 0 Å². The molecule has 0 saturated carbocycles. The van der Waals surface area contributed by atoms with E-state index in [2.05, 4.69) is 13.8 Å². The van der Waals surface area contributed by atoms with Gasteiger partial charge >= 0.3 is 5.97 Å². The molecule has 14 heavy (non-hydrogen) atoms. The molecule has 0 aliphatic rings. The summed E-state index contributed by atoms with van der Waals surface area (Å²) in [5.41, 5.74) is 5.80. The smallest absolute Gasteiger partial charge is 0.307 e. The first kappa shape index (κ1) is 13.4. The molecule has 0 radical (unpaired) electrons. The predicted octanol–water partition coefficient (Wildman–Crippen LogP) is 2.24. The Kier molecular flexibility index (Phi) is 6.54. The maximum Gasteiger partial charge on any atom is 0.307 e. The lowest BCUT2D eigenvalue weighted by molar-refractivity contribution is -0.144. The normalized spacial score (nSPS) is 11.4. The van der Waals surface area contributed by atoms with E-state index in [1.165, 1.54) is 0 Å². The lowest BCUT2D eigenvalue weighted by atomic mass is 9.86. The van der Waals surface area contributed by atoms with Gasteiger partial charge in [-0.15, -0.1) is 0 Å². The Balaban J connectivity index is 4.12. The van der Waals surface area contributed by atoms with Crippen LogP contribution in [0, 0.1) is 0 Å². The van der Waals surface area contributed by atoms with Gasteiger partial charge in [0.05, 0.1) is 13.0 Å². The fraction of sp³-hybridized carbons (Fsp3) is 0.909. The summed E-state index contributed by atoms with van der Waals surface area (Å²) in [6.45, 7) is 6.42. The van der Waals surface area contributed by atoms with Crippen molar-refractivity contribution >= 4 is 5.97 Å². The van der Waals surface area contributed by atoms with Crippen molar-refractivity contribution in [3.8, 4) is 0 Å². The SMILES string of the molecule is CCCC(N)(CCC)CC(=O)OCC. The number of hydrogen-bond acceptors (Lipinski definition) is 3. The van der Waals surface area contributed by atoms with Crippen LogP contribution in [0.3, 0.4) is 0 Å². The largest absolute Gasteiger partial charge is 0.466 e. The van der Waals surface area contributed by atoms with Gasteiger partial charge in [-0.05, 0) is 19.8 Å². The van der Waals surface area contributed by atoms with E-state index in [0.717, 1.165) is 25.7 Å². The fourth-order valence-corrected chi connectivity index (χ4v) is 1.80. The highest BCUT2D eigenvalue weighted by atomic mass is 16.5. The lowest BCUT2D eigenvalue weighted by Gasteiger charge is -2.27. The molecular formula is C11H23NO2. The average Bonchev–Trinajstić information content (AvgIpc) is 2.04. The van der Waals surface area contributed by atoms with Crippen LogP contribution in [0.2, 0.25) is 0 Å². The molecule has 0 aliphatic carbocycles. The number of esters is 1. The summed E-state index contributed by atoms with van der Waals surface area (Å²) in [5, 5.41) is 0. The van der Waals surface area contributed by atoms with Crippen molar-refractivity contribution in [3.63, 3.8) is 0 Å². The van der Waals surface area contributed by atoms with Crippen LogP contribution in [0.1, 0.15) is 52.9 Å². The molecular weight excluding hydrogens is 178 g/mol. The predicted molar refractivity (Wildman–Crippen MR) is 58.0 cm³/mol. The van der Waals surface area contributed by atoms with Crippen LogP contribution < -0.4 is 5.73 Å². The van der Waals surface area contributed by atoms with Crippen LogP contribution >= 0.6 is 0 Å². The van der Waals surface area contributed by atoms with E-state index in [-0.39, 0.29) is 11.5 Å². The first-order chi connectivity index (χ1) is 6.58. The fourth-order valence-electron chi connectivity index (χ4n) is 1.80. The quantitative estimate of drug-likeness (QED) is 0.643. The van der Waals surface area contributed by atoms with Crippen LogP contribution in [-0.2, 0) is 9.53 Å². The Hall–Kier alpha value is -0.570. The molecule has 0 unspecified atom stereocenters. The maximum atomic E-state index is 11.3. The highest BCUT2D eigenvalue weighted by Crippen LogP contribution is 2.21. The van der Waals surface area contributed by atoms with Gasteiger partial charge in [-0.3, -0.25) is 4.79 Å². The number of rotatable bonds is 7. The third-order valence-electron chi connectivity index (χ3n) is 2.30. The van der Waals surface area contributed by atoms with Gasteiger partial charge in [0, 0.05) is 5.54 Å². The van der Waals surface area contributed by atoms with E-state index in [0.29, 0.717) is 13.0 Å². The van der Waals surface area contributed by atoms with Gasteiger partial charge in [0.2, 0.25) is 0 Å². The molecule has 0 atom stereocenters. The Labute approximate surface area is 87.0 Å². The van der Waals surface area contributed by atoms with Crippen molar-refractivity contribution in [2.75, 3.05) is 6.61 Å². The number of hydrogen-bond donors (Lipinski definition) is 1. The van der Waals surface area contributed by atoms with Crippen LogP contribution in [-0.4, -0.2) is 18.1 Å². The Morgan fingerprint density at radius 2 is 1.71 bits per heavy atom. The summed E-state index contributed by atoms with van der Waals surface area (Å²) < 4.78 is 4.91. The summed E-state index contributed by atoms with van der Waals surface area (Å²) in [6, 6.07) is 0. The number of ether oxygens (including phenoxy) is 1. The van der Waals surface area contributed by atoms with E-state index >= 15 is 0 Å². The summed E-state index contributed by atoms with van der Waals surface area (Å²) in [4.78, 5) is 11.3. The number of carbonyl (C=O) groups is 1. The molecule has 0 aromatic carbocycles. The Morgan fingerprint density at radius 1 is 1.21 bits per heavy atom. The van der Waals surface area contributed by atoms with E-state index in [4.69, 9.17) is 10.5 Å². The lowest BCUT2D eigenvalue weighted by Crippen LogP contribution is -2.42. The Morgan fingerprint density at radius 3 is 2.07 bits per heavy atom. The van der Waals surface area contributed by atoms with Crippen molar-refractivity contribution in [1.82, 2.24) is 0 Å². The van der Waals surface area contributed by atoms with Crippen molar-refractivity contribution in [2.45, 2.75) is 58.4 Å². The van der Waals surface area contributed by atoms with Gasteiger partial charge in [0.1, 0.15) is 0 Å². The summed E-state index contributed by atoms with van der Waals surface area (Å²) in [5.74, 6) is -0.170. The molecule has 0 rings (SSSR count). The third-order valence-corrected chi connectivity index (χ3v) is 2.30. The summed E-state index contributed by atoms with van der Waals surface area (Å²) in [7, 11) is 0. The van der Waals surface area contributed by atoms with Crippen molar-refractivity contribution in [2.24, 2.45) is 5.73 Å². The minimum atomic E-state index is -0.351. The molecule has 3 heteroatoms. The maximum absolute atomic E-state index is 11.3. The zero-order chi connectivity index (χ0) is 11.0. The van der Waals surface area contributed by atoms with Gasteiger partial charge in [0.15, 0.2) is 0 Å².